The van der Waals surface area contributed by atoms with Crippen LogP contribution in [0.2, 0.25) is 0 Å². The first kappa shape index (κ1) is 21.8. The maximum atomic E-state index is 13.6. The van der Waals surface area contributed by atoms with Crippen LogP contribution >= 0.6 is 0 Å². The van der Waals surface area contributed by atoms with Gasteiger partial charge >= 0.3 is 0 Å². The Labute approximate surface area is 188 Å². The summed E-state index contributed by atoms with van der Waals surface area (Å²) in [7, 11) is -8.77. The number of H-pyrrole nitrogens is 1. The molecule has 0 bridgehead atoms. The molecule has 0 aliphatic carbocycles. The van der Waals surface area contributed by atoms with E-state index < -0.39 is 35.9 Å². The highest BCUT2D eigenvalue weighted by Crippen LogP contribution is 2.39. The Morgan fingerprint density at radius 1 is 1.18 bits per heavy atom. The number of rotatable bonds is 6. The van der Waals surface area contributed by atoms with E-state index in [0.717, 1.165) is 0 Å². The molecule has 1 unspecified atom stereocenters. The molecule has 1 aromatic carbocycles. The molecule has 1 saturated heterocycles. The maximum absolute atomic E-state index is 13.6. The molecular formula is C16H21N11O4S2. The average Bonchev–Trinajstić information content (AvgIpc) is 3.53. The van der Waals surface area contributed by atoms with E-state index in [-0.39, 0.29) is 11.4 Å². The Morgan fingerprint density at radius 3 is 2.73 bits per heavy atom. The molecule has 176 valence electrons. The normalized spacial score (nSPS) is 19.1. The summed E-state index contributed by atoms with van der Waals surface area (Å²) in [6, 6.07) is 2.28. The Balaban J connectivity index is 1.72. The zero-order chi connectivity index (χ0) is 23.2. The lowest BCUT2D eigenvalue weighted by Crippen LogP contribution is -2.38. The summed E-state index contributed by atoms with van der Waals surface area (Å²) in [5, 5.41) is 26.4. The fourth-order valence-corrected chi connectivity index (χ4v) is 6.94. The van der Waals surface area contributed by atoms with Crippen LogP contribution < -0.4 is 20.1 Å². The fraction of sp³-hybridized carbons (Fsp3) is 0.438. The molecule has 4 heterocycles. The molecule has 3 aromatic rings. The molecule has 0 saturated carbocycles. The Morgan fingerprint density at radius 2 is 2.03 bits per heavy atom. The summed E-state index contributed by atoms with van der Waals surface area (Å²) in [5.41, 5.74) is 0.393. The molecular weight excluding hydrogens is 474 g/mol. The molecule has 5 rings (SSSR count). The van der Waals surface area contributed by atoms with Crippen molar-refractivity contribution in [1.82, 2.24) is 45.4 Å². The second kappa shape index (κ2) is 8.10. The number of nitrogens with one attached hydrogen (secondary N) is 3. The van der Waals surface area contributed by atoms with Gasteiger partial charge in [-0.3, -0.25) is 0 Å². The highest BCUT2D eigenvalue weighted by Gasteiger charge is 2.36. The standard InChI is InChI=1S/C16H21N11O4S2/c17-32(28,29)12-2-1-11(26-5-6-27-13(8-26)19-9-20-27)14(16-21-24-25-22-16)15(12)33(30,31)23-10-3-4-18-7-10/h1-2,9-10,18,23H,3-8H2,(H2,17,28,29)(H,21,22,24,25). The van der Waals surface area contributed by atoms with Crippen molar-refractivity contribution < 1.29 is 16.8 Å². The maximum Gasteiger partial charge on any atom is 0.243 e. The molecule has 5 N–H and O–H groups in total. The van der Waals surface area contributed by atoms with E-state index >= 15 is 0 Å². The highest BCUT2D eigenvalue weighted by molar-refractivity contribution is 7.92. The number of nitrogens with two attached hydrogens (primary N) is 1. The van der Waals surface area contributed by atoms with Crippen LogP contribution in [-0.4, -0.2) is 77.9 Å². The highest BCUT2D eigenvalue weighted by atomic mass is 32.2. The molecule has 0 spiro atoms. The topological polar surface area (TPSA) is 207 Å². The van der Waals surface area contributed by atoms with Gasteiger partial charge in [0.25, 0.3) is 0 Å². The minimum Gasteiger partial charge on any atom is -0.362 e. The SMILES string of the molecule is NS(=O)(=O)c1ccc(N2CCn3ncnc3C2)c(-c2nn[nH]n2)c1S(=O)(=O)NC1CCNC1. The number of hydrogen-bond donors (Lipinski definition) is 4. The van der Waals surface area contributed by atoms with Crippen molar-refractivity contribution >= 4 is 25.7 Å². The smallest absolute Gasteiger partial charge is 0.243 e. The van der Waals surface area contributed by atoms with Crippen LogP contribution in [0.1, 0.15) is 12.2 Å². The third-order valence-corrected chi connectivity index (χ3v) is 8.26. The average molecular weight is 496 g/mol. The number of nitrogens with zero attached hydrogens (tertiary/aromatic N) is 7. The monoisotopic (exact) mass is 495 g/mol. The molecule has 17 heteroatoms. The number of tetrazole rings is 1. The molecule has 1 fully saturated rings. The molecule has 2 aromatic heterocycles. The van der Waals surface area contributed by atoms with E-state index in [1.807, 2.05) is 4.90 Å². The van der Waals surface area contributed by atoms with E-state index in [2.05, 4.69) is 40.7 Å². The third kappa shape index (κ3) is 4.08. The van der Waals surface area contributed by atoms with Gasteiger partial charge in [-0.15, -0.1) is 10.2 Å². The van der Waals surface area contributed by atoms with Gasteiger partial charge in [0.1, 0.15) is 21.9 Å². The van der Waals surface area contributed by atoms with Crippen LogP contribution in [0.25, 0.3) is 11.4 Å². The number of fused-ring (bicyclic) bond motifs is 1. The van der Waals surface area contributed by atoms with Gasteiger partial charge < -0.3 is 10.2 Å². The quantitative estimate of drug-likeness (QED) is 0.287. The second-order valence-corrected chi connectivity index (χ2v) is 10.9. The van der Waals surface area contributed by atoms with Crippen molar-refractivity contribution in [3.63, 3.8) is 0 Å². The summed E-state index contributed by atoms with van der Waals surface area (Å²) in [6.45, 7) is 2.35. The number of anilines is 1. The Hall–Kier alpha value is -2.99. The fourth-order valence-electron chi connectivity index (χ4n) is 4.09. The van der Waals surface area contributed by atoms with Crippen LogP contribution in [0, 0.1) is 0 Å². The predicted molar refractivity (Wildman–Crippen MR) is 114 cm³/mol. The van der Waals surface area contributed by atoms with Gasteiger partial charge in [-0.25, -0.2) is 36.4 Å². The van der Waals surface area contributed by atoms with Crippen LogP contribution in [0.3, 0.4) is 0 Å². The lowest BCUT2D eigenvalue weighted by Gasteiger charge is -2.31. The van der Waals surface area contributed by atoms with Crippen molar-refractivity contribution in [3.8, 4) is 11.4 Å². The van der Waals surface area contributed by atoms with Crippen molar-refractivity contribution in [2.45, 2.75) is 35.3 Å². The van der Waals surface area contributed by atoms with E-state index in [1.165, 1.54) is 18.5 Å². The Bertz CT molecular complexity index is 1380. The van der Waals surface area contributed by atoms with Crippen LogP contribution in [-0.2, 0) is 33.1 Å². The third-order valence-electron chi connectivity index (χ3n) is 5.58. The van der Waals surface area contributed by atoms with Crippen molar-refractivity contribution in [1.29, 1.82) is 0 Å². The number of sulfonamides is 2. The van der Waals surface area contributed by atoms with Crippen molar-refractivity contribution in [2.24, 2.45) is 5.14 Å². The number of hydrogen-bond acceptors (Lipinski definition) is 11. The van der Waals surface area contributed by atoms with Gasteiger partial charge in [-0.1, -0.05) is 0 Å². The molecule has 2 aliphatic rings. The predicted octanol–water partition coefficient (Wildman–Crippen LogP) is -2.23. The molecule has 0 radical (unpaired) electrons. The number of primary sulfonamides is 1. The minimum atomic E-state index is -4.42. The molecule has 1 atom stereocenters. The van der Waals surface area contributed by atoms with Gasteiger partial charge in [0, 0.05) is 24.8 Å². The number of aromatic amines is 1. The first-order chi connectivity index (χ1) is 15.7. The van der Waals surface area contributed by atoms with Crippen molar-refractivity contribution in [2.75, 3.05) is 24.5 Å². The van der Waals surface area contributed by atoms with Crippen LogP contribution in [0.4, 0.5) is 5.69 Å². The second-order valence-electron chi connectivity index (χ2n) is 7.70. The zero-order valence-electron chi connectivity index (χ0n) is 17.2. The molecule has 15 nitrogen and oxygen atoms in total. The molecule has 2 aliphatic heterocycles. The van der Waals surface area contributed by atoms with E-state index in [9.17, 15) is 16.8 Å². The first-order valence-corrected chi connectivity index (χ1v) is 13.1. The van der Waals surface area contributed by atoms with E-state index in [0.29, 0.717) is 50.7 Å². The van der Waals surface area contributed by atoms with Gasteiger partial charge in [0.2, 0.25) is 25.9 Å². The number of aromatic nitrogens is 7. The van der Waals surface area contributed by atoms with Crippen LogP contribution in [0.5, 0.6) is 0 Å². The summed E-state index contributed by atoms with van der Waals surface area (Å²) in [5.74, 6) is 0.600. The molecule has 33 heavy (non-hydrogen) atoms. The number of benzene rings is 1. The van der Waals surface area contributed by atoms with Gasteiger partial charge in [-0.2, -0.15) is 10.3 Å². The summed E-state index contributed by atoms with van der Waals surface area (Å²) < 4.78 is 56.4. The zero-order valence-corrected chi connectivity index (χ0v) is 18.8. The lowest BCUT2D eigenvalue weighted by atomic mass is 10.1. The summed E-state index contributed by atoms with van der Waals surface area (Å²) >= 11 is 0. The first-order valence-electron chi connectivity index (χ1n) is 10.0. The van der Waals surface area contributed by atoms with Gasteiger partial charge in [0.15, 0.2) is 0 Å². The summed E-state index contributed by atoms with van der Waals surface area (Å²) in [6.07, 6.45) is 2.00. The van der Waals surface area contributed by atoms with E-state index in [1.54, 1.807) is 4.68 Å². The van der Waals surface area contributed by atoms with E-state index in [4.69, 9.17) is 5.14 Å². The minimum absolute atomic E-state index is 0.0123. The van der Waals surface area contributed by atoms with Crippen LogP contribution in [0.15, 0.2) is 28.3 Å². The lowest BCUT2D eigenvalue weighted by molar-refractivity contribution is 0.512. The largest absolute Gasteiger partial charge is 0.362 e. The Kier molecular flexibility index (Phi) is 5.36. The van der Waals surface area contributed by atoms with Crippen molar-refractivity contribution in [3.05, 3.63) is 24.3 Å². The molecule has 0 amide bonds. The van der Waals surface area contributed by atoms with Gasteiger partial charge in [-0.05, 0) is 30.3 Å². The summed E-state index contributed by atoms with van der Waals surface area (Å²) in [4.78, 5) is 5.03. The van der Waals surface area contributed by atoms with Gasteiger partial charge in [0.05, 0.1) is 18.7 Å².